The summed E-state index contributed by atoms with van der Waals surface area (Å²) in [5, 5.41) is 2.35. The maximum Gasteiger partial charge on any atom is 0.411 e. The highest BCUT2D eigenvalue weighted by molar-refractivity contribution is 5.92. The summed E-state index contributed by atoms with van der Waals surface area (Å²) in [6, 6.07) is 0. The van der Waals surface area contributed by atoms with Gasteiger partial charge in [-0.25, -0.2) is 9.59 Å². The fraction of sp³-hybridized carbons (Fsp3) is 0.636. The van der Waals surface area contributed by atoms with Crippen LogP contribution in [0.3, 0.4) is 0 Å². The van der Waals surface area contributed by atoms with E-state index in [4.69, 9.17) is 4.74 Å². The van der Waals surface area contributed by atoms with Crippen molar-refractivity contribution in [3.8, 4) is 0 Å². The molecule has 96 valence electrons. The summed E-state index contributed by atoms with van der Waals surface area (Å²) in [6.45, 7) is 1.32. The molecule has 0 aliphatic carbocycles. The van der Waals surface area contributed by atoms with Gasteiger partial charge in [-0.2, -0.15) is 0 Å². The van der Waals surface area contributed by atoms with E-state index in [0.29, 0.717) is 13.2 Å². The standard InChI is InChI=1S/C11H17NO5/c1-15-10(13)9(12-11(14)16-2)7-8-3-5-17-6-4-8/h7-8H,3-6H2,1-2H3,(H,12,14). The van der Waals surface area contributed by atoms with Crippen LogP contribution in [0, 0.1) is 5.92 Å². The molecule has 0 spiro atoms. The molecular formula is C11H17NO5. The summed E-state index contributed by atoms with van der Waals surface area (Å²) < 4.78 is 14.2. The number of esters is 1. The molecule has 1 saturated heterocycles. The Balaban J connectivity index is 2.69. The molecular weight excluding hydrogens is 226 g/mol. The molecule has 0 bridgehead atoms. The Kier molecular flexibility index (Phi) is 5.48. The average Bonchev–Trinajstić information content (AvgIpc) is 2.38. The number of nitrogens with one attached hydrogen (secondary N) is 1. The summed E-state index contributed by atoms with van der Waals surface area (Å²) in [4.78, 5) is 22.5. The predicted molar refractivity (Wildman–Crippen MR) is 59.2 cm³/mol. The Morgan fingerprint density at radius 3 is 2.41 bits per heavy atom. The van der Waals surface area contributed by atoms with E-state index in [-0.39, 0.29) is 11.6 Å². The van der Waals surface area contributed by atoms with Crippen LogP contribution in [0.25, 0.3) is 0 Å². The number of amides is 1. The molecule has 0 aromatic rings. The van der Waals surface area contributed by atoms with Crippen molar-refractivity contribution < 1.29 is 23.8 Å². The maximum absolute atomic E-state index is 11.4. The molecule has 0 unspecified atom stereocenters. The van der Waals surface area contributed by atoms with Crippen molar-refractivity contribution in [2.45, 2.75) is 12.8 Å². The van der Waals surface area contributed by atoms with Gasteiger partial charge in [0, 0.05) is 13.2 Å². The van der Waals surface area contributed by atoms with Crippen molar-refractivity contribution >= 4 is 12.1 Å². The molecule has 6 heteroatoms. The van der Waals surface area contributed by atoms with Gasteiger partial charge in [-0.1, -0.05) is 0 Å². The van der Waals surface area contributed by atoms with Crippen LogP contribution in [0.1, 0.15) is 12.8 Å². The van der Waals surface area contributed by atoms with E-state index in [0.717, 1.165) is 12.8 Å². The van der Waals surface area contributed by atoms with E-state index < -0.39 is 12.1 Å². The van der Waals surface area contributed by atoms with Crippen LogP contribution in [0.2, 0.25) is 0 Å². The van der Waals surface area contributed by atoms with Crippen molar-refractivity contribution in [1.29, 1.82) is 0 Å². The molecule has 0 atom stereocenters. The number of alkyl carbamates (subject to hydrolysis) is 1. The van der Waals surface area contributed by atoms with Crippen LogP contribution in [0.4, 0.5) is 4.79 Å². The summed E-state index contributed by atoms with van der Waals surface area (Å²) in [5.41, 5.74) is 0.117. The van der Waals surface area contributed by atoms with E-state index in [9.17, 15) is 9.59 Å². The van der Waals surface area contributed by atoms with Gasteiger partial charge in [-0.15, -0.1) is 0 Å². The third-order valence-corrected chi connectivity index (χ3v) is 2.50. The molecule has 0 aromatic carbocycles. The number of carbonyl (C=O) groups excluding carboxylic acids is 2. The molecule has 0 aromatic heterocycles. The fourth-order valence-electron chi connectivity index (χ4n) is 1.55. The van der Waals surface area contributed by atoms with E-state index in [2.05, 4.69) is 14.8 Å². The van der Waals surface area contributed by atoms with Crippen molar-refractivity contribution in [3.63, 3.8) is 0 Å². The highest BCUT2D eigenvalue weighted by atomic mass is 16.5. The average molecular weight is 243 g/mol. The molecule has 0 radical (unpaired) electrons. The predicted octanol–water partition coefficient (Wildman–Crippen LogP) is 0.826. The lowest BCUT2D eigenvalue weighted by Gasteiger charge is -2.19. The van der Waals surface area contributed by atoms with Gasteiger partial charge in [0.1, 0.15) is 5.70 Å². The number of hydrogen-bond acceptors (Lipinski definition) is 5. The molecule has 1 fully saturated rings. The van der Waals surface area contributed by atoms with E-state index in [1.807, 2.05) is 0 Å². The number of ether oxygens (including phenoxy) is 3. The molecule has 1 amide bonds. The molecule has 1 heterocycles. The minimum absolute atomic E-state index is 0.117. The molecule has 1 N–H and O–H groups in total. The minimum atomic E-state index is -0.686. The van der Waals surface area contributed by atoms with Crippen LogP contribution < -0.4 is 5.32 Å². The number of carbonyl (C=O) groups is 2. The zero-order valence-electron chi connectivity index (χ0n) is 10.0. The van der Waals surface area contributed by atoms with Gasteiger partial charge >= 0.3 is 12.1 Å². The summed E-state index contributed by atoms with van der Waals surface area (Å²) >= 11 is 0. The van der Waals surface area contributed by atoms with E-state index in [1.54, 1.807) is 6.08 Å². The van der Waals surface area contributed by atoms with Crippen LogP contribution >= 0.6 is 0 Å². The zero-order chi connectivity index (χ0) is 12.7. The summed E-state index contributed by atoms with van der Waals surface area (Å²) in [6.07, 6.45) is 2.66. The van der Waals surface area contributed by atoms with Gasteiger partial charge in [0.05, 0.1) is 14.2 Å². The topological polar surface area (TPSA) is 73.9 Å². The molecule has 1 aliphatic rings. The third kappa shape index (κ3) is 4.44. The highest BCUT2D eigenvalue weighted by Gasteiger charge is 2.18. The van der Waals surface area contributed by atoms with E-state index in [1.165, 1.54) is 14.2 Å². The van der Waals surface area contributed by atoms with Gasteiger partial charge in [0.25, 0.3) is 0 Å². The molecule has 0 saturated carbocycles. The fourth-order valence-corrected chi connectivity index (χ4v) is 1.55. The number of allylic oxidation sites excluding steroid dienone is 1. The normalized spacial score (nSPS) is 17.4. The van der Waals surface area contributed by atoms with Crippen molar-refractivity contribution in [3.05, 3.63) is 11.8 Å². The maximum atomic E-state index is 11.4. The number of hydrogen-bond donors (Lipinski definition) is 1. The molecule has 1 rings (SSSR count). The first kappa shape index (κ1) is 13.5. The highest BCUT2D eigenvalue weighted by Crippen LogP contribution is 2.17. The van der Waals surface area contributed by atoms with Gasteiger partial charge in [0.15, 0.2) is 0 Å². The second-order valence-corrected chi connectivity index (χ2v) is 3.64. The monoisotopic (exact) mass is 243 g/mol. The first-order valence-electron chi connectivity index (χ1n) is 5.40. The van der Waals surface area contributed by atoms with Crippen molar-refractivity contribution in [2.24, 2.45) is 5.92 Å². The quantitative estimate of drug-likeness (QED) is 0.587. The largest absolute Gasteiger partial charge is 0.464 e. The Bertz CT molecular complexity index is 307. The van der Waals surface area contributed by atoms with Gasteiger partial charge < -0.3 is 14.2 Å². The number of rotatable bonds is 3. The SMILES string of the molecule is COC(=O)NC(=CC1CCOCC1)C(=O)OC. The van der Waals surface area contributed by atoms with Crippen molar-refractivity contribution in [1.82, 2.24) is 5.32 Å². The van der Waals surface area contributed by atoms with Crippen molar-refractivity contribution in [2.75, 3.05) is 27.4 Å². The Morgan fingerprint density at radius 2 is 1.88 bits per heavy atom. The Hall–Kier alpha value is -1.56. The lowest BCUT2D eigenvalue weighted by atomic mass is 9.99. The lowest BCUT2D eigenvalue weighted by Crippen LogP contribution is -2.29. The summed E-state index contributed by atoms with van der Waals surface area (Å²) in [7, 11) is 2.50. The van der Waals surface area contributed by atoms with Crippen LogP contribution in [-0.2, 0) is 19.0 Å². The minimum Gasteiger partial charge on any atom is -0.464 e. The molecule has 1 aliphatic heterocycles. The third-order valence-electron chi connectivity index (χ3n) is 2.50. The van der Waals surface area contributed by atoms with E-state index >= 15 is 0 Å². The lowest BCUT2D eigenvalue weighted by molar-refractivity contribution is -0.136. The Morgan fingerprint density at radius 1 is 1.24 bits per heavy atom. The van der Waals surface area contributed by atoms with Gasteiger partial charge in [0.2, 0.25) is 0 Å². The van der Waals surface area contributed by atoms with Gasteiger partial charge in [-0.05, 0) is 24.8 Å². The van der Waals surface area contributed by atoms with Gasteiger partial charge in [-0.3, -0.25) is 5.32 Å². The first-order valence-corrected chi connectivity index (χ1v) is 5.40. The van der Waals surface area contributed by atoms with Crippen LogP contribution in [0.5, 0.6) is 0 Å². The second kappa shape index (κ2) is 6.90. The second-order valence-electron chi connectivity index (χ2n) is 3.64. The van der Waals surface area contributed by atoms with Crippen LogP contribution in [0.15, 0.2) is 11.8 Å². The number of methoxy groups -OCH3 is 2. The smallest absolute Gasteiger partial charge is 0.411 e. The zero-order valence-corrected chi connectivity index (χ0v) is 10.0. The molecule has 6 nitrogen and oxygen atoms in total. The van der Waals surface area contributed by atoms with Crippen LogP contribution in [-0.4, -0.2) is 39.5 Å². The summed E-state index contributed by atoms with van der Waals surface area (Å²) in [5.74, 6) is -0.378. The Labute approximate surface area is 99.9 Å². The first-order chi connectivity index (χ1) is 8.17. The molecule has 17 heavy (non-hydrogen) atoms.